The molecule has 1 saturated heterocycles. The zero-order valence-electron chi connectivity index (χ0n) is 18.2. The van der Waals surface area contributed by atoms with E-state index in [0.717, 1.165) is 35.3 Å². The number of fused-ring (bicyclic) bond motifs is 1. The summed E-state index contributed by atoms with van der Waals surface area (Å²) in [7, 11) is -3.54. The minimum atomic E-state index is -3.54. The Morgan fingerprint density at radius 2 is 1.91 bits per heavy atom. The van der Waals surface area contributed by atoms with E-state index in [4.69, 9.17) is 9.26 Å². The number of hydrogen-bond acceptors (Lipinski definition) is 8. The molecule has 0 atom stereocenters. The van der Waals surface area contributed by atoms with Crippen molar-refractivity contribution >= 4 is 32.3 Å². The fourth-order valence-electron chi connectivity index (χ4n) is 4.15. The lowest BCUT2D eigenvalue weighted by molar-refractivity contribution is 0.102. The van der Waals surface area contributed by atoms with Crippen molar-refractivity contribution in [3.63, 3.8) is 0 Å². The Morgan fingerprint density at radius 1 is 1.15 bits per heavy atom. The summed E-state index contributed by atoms with van der Waals surface area (Å²) < 4.78 is 38.2. The lowest BCUT2D eigenvalue weighted by Gasteiger charge is -2.25. The Balaban J connectivity index is 1.40. The summed E-state index contributed by atoms with van der Waals surface area (Å²) >= 11 is 1.43. The van der Waals surface area contributed by atoms with Crippen LogP contribution in [0.25, 0.3) is 11.5 Å². The Labute approximate surface area is 195 Å². The SMILES string of the molecule is Cc1noc(-c2c(NC(=O)c3ccc(S(=O)(=O)N4CCCCC4)cc3)sc3c2CCOC3)n1. The monoisotopic (exact) mass is 488 g/mol. The number of carbonyl (C=O) groups excluding carboxylic acids is 1. The summed E-state index contributed by atoms with van der Waals surface area (Å²) in [6, 6.07) is 6.07. The molecule has 2 aliphatic rings. The Kier molecular flexibility index (Phi) is 6.04. The van der Waals surface area contributed by atoms with Gasteiger partial charge in [-0.2, -0.15) is 9.29 Å². The zero-order chi connectivity index (χ0) is 23.0. The van der Waals surface area contributed by atoms with Crippen molar-refractivity contribution < 1.29 is 22.5 Å². The molecule has 5 rings (SSSR count). The zero-order valence-corrected chi connectivity index (χ0v) is 19.8. The second kappa shape index (κ2) is 8.98. The maximum atomic E-state index is 13.0. The van der Waals surface area contributed by atoms with Crippen molar-refractivity contribution in [3.8, 4) is 11.5 Å². The molecule has 0 aliphatic carbocycles. The molecule has 3 aromatic rings. The number of aryl methyl sites for hydroxylation is 1. The molecule has 1 fully saturated rings. The third-order valence-corrected chi connectivity index (χ3v) is 8.89. The first kappa shape index (κ1) is 22.2. The highest BCUT2D eigenvalue weighted by molar-refractivity contribution is 7.89. The molecule has 0 saturated carbocycles. The predicted molar refractivity (Wildman–Crippen MR) is 123 cm³/mol. The number of nitrogens with zero attached hydrogens (tertiary/aromatic N) is 3. The molecule has 0 radical (unpaired) electrons. The van der Waals surface area contributed by atoms with E-state index < -0.39 is 10.0 Å². The number of amides is 1. The summed E-state index contributed by atoms with van der Waals surface area (Å²) in [5, 5.41) is 7.45. The molecule has 1 amide bonds. The van der Waals surface area contributed by atoms with Crippen LogP contribution in [0.5, 0.6) is 0 Å². The van der Waals surface area contributed by atoms with Crippen LogP contribution in [0, 0.1) is 6.92 Å². The van der Waals surface area contributed by atoms with Crippen molar-refractivity contribution in [3.05, 3.63) is 46.1 Å². The summed E-state index contributed by atoms with van der Waals surface area (Å²) in [6.07, 6.45) is 3.49. The van der Waals surface area contributed by atoms with Gasteiger partial charge in [-0.05, 0) is 56.0 Å². The molecule has 0 spiro atoms. The van der Waals surface area contributed by atoms with Crippen LogP contribution in [-0.2, 0) is 27.8 Å². The molecule has 9 nitrogen and oxygen atoms in total. The topological polar surface area (TPSA) is 115 Å². The van der Waals surface area contributed by atoms with E-state index in [2.05, 4.69) is 15.5 Å². The highest BCUT2D eigenvalue weighted by Crippen LogP contribution is 2.42. The number of hydrogen-bond donors (Lipinski definition) is 1. The third-order valence-electron chi connectivity index (χ3n) is 5.86. The number of anilines is 1. The molecule has 174 valence electrons. The lowest BCUT2D eigenvalue weighted by atomic mass is 10.1. The third kappa shape index (κ3) is 4.33. The molecular formula is C22H24N4O5S2. The van der Waals surface area contributed by atoms with Gasteiger partial charge in [0, 0.05) is 23.5 Å². The Bertz CT molecular complexity index is 1270. The van der Waals surface area contributed by atoms with Gasteiger partial charge in [0.15, 0.2) is 5.82 Å². The van der Waals surface area contributed by atoms with Crippen LogP contribution >= 0.6 is 11.3 Å². The van der Waals surface area contributed by atoms with Crippen molar-refractivity contribution in [2.75, 3.05) is 25.0 Å². The van der Waals surface area contributed by atoms with Gasteiger partial charge in [-0.25, -0.2) is 8.42 Å². The second-order valence-electron chi connectivity index (χ2n) is 8.10. The van der Waals surface area contributed by atoms with Crippen LogP contribution in [0.4, 0.5) is 5.00 Å². The van der Waals surface area contributed by atoms with Crippen LogP contribution in [0.15, 0.2) is 33.7 Å². The lowest BCUT2D eigenvalue weighted by Crippen LogP contribution is -2.35. The van der Waals surface area contributed by atoms with Gasteiger partial charge in [0.05, 0.1) is 23.7 Å². The van der Waals surface area contributed by atoms with Gasteiger partial charge in [-0.3, -0.25) is 4.79 Å². The maximum absolute atomic E-state index is 13.0. The number of sulfonamides is 1. The smallest absolute Gasteiger partial charge is 0.261 e. The molecule has 2 aromatic heterocycles. The Hall–Kier alpha value is -2.60. The highest BCUT2D eigenvalue weighted by Gasteiger charge is 2.28. The molecule has 0 unspecified atom stereocenters. The molecule has 1 aromatic carbocycles. The highest BCUT2D eigenvalue weighted by atomic mass is 32.2. The molecular weight excluding hydrogens is 464 g/mol. The van der Waals surface area contributed by atoms with E-state index in [1.54, 1.807) is 19.1 Å². The number of rotatable bonds is 5. The predicted octanol–water partition coefficient (Wildman–Crippen LogP) is 3.61. The number of piperidine rings is 1. The largest absolute Gasteiger partial charge is 0.376 e. The van der Waals surface area contributed by atoms with Crippen molar-refractivity contribution in [1.82, 2.24) is 14.4 Å². The van der Waals surface area contributed by atoms with E-state index in [1.165, 1.54) is 27.8 Å². The first-order valence-corrected chi connectivity index (χ1v) is 13.1. The molecule has 33 heavy (non-hydrogen) atoms. The average Bonchev–Trinajstić information content (AvgIpc) is 3.42. The van der Waals surface area contributed by atoms with Crippen LogP contribution in [0.1, 0.15) is 45.9 Å². The molecule has 2 aliphatic heterocycles. The molecule has 4 heterocycles. The van der Waals surface area contributed by atoms with E-state index in [1.807, 2.05) is 0 Å². The van der Waals surface area contributed by atoms with Crippen LogP contribution < -0.4 is 5.32 Å². The van der Waals surface area contributed by atoms with Crippen LogP contribution in [0.3, 0.4) is 0 Å². The number of thiophene rings is 1. The van der Waals surface area contributed by atoms with Crippen molar-refractivity contribution in [1.29, 1.82) is 0 Å². The van der Waals surface area contributed by atoms with Gasteiger partial charge in [0.2, 0.25) is 10.0 Å². The van der Waals surface area contributed by atoms with Gasteiger partial charge in [-0.15, -0.1) is 11.3 Å². The van der Waals surface area contributed by atoms with Crippen LogP contribution in [-0.4, -0.2) is 48.5 Å². The summed E-state index contributed by atoms with van der Waals surface area (Å²) in [6.45, 7) is 3.88. The van der Waals surface area contributed by atoms with Crippen molar-refractivity contribution in [2.45, 2.75) is 44.1 Å². The summed E-state index contributed by atoms with van der Waals surface area (Å²) in [5.41, 5.74) is 2.15. The standard InChI is InChI=1S/C22H24N4O5S2/c1-14-23-21(31-25-14)19-17-9-12-30-13-18(17)32-22(19)24-20(27)15-5-7-16(8-6-15)33(28,29)26-10-3-2-4-11-26/h5-8H,2-4,9-13H2,1H3,(H,24,27). The normalized spacial score (nSPS) is 17.0. The number of ether oxygens (including phenoxy) is 1. The van der Waals surface area contributed by atoms with E-state index >= 15 is 0 Å². The summed E-state index contributed by atoms with van der Waals surface area (Å²) in [5.74, 6) is 0.541. The first-order valence-electron chi connectivity index (χ1n) is 10.9. The van der Waals surface area contributed by atoms with Gasteiger partial charge in [0.1, 0.15) is 5.00 Å². The minimum absolute atomic E-state index is 0.201. The second-order valence-corrected chi connectivity index (χ2v) is 11.1. The van der Waals surface area contributed by atoms with E-state index in [-0.39, 0.29) is 10.8 Å². The van der Waals surface area contributed by atoms with E-state index in [9.17, 15) is 13.2 Å². The van der Waals surface area contributed by atoms with Crippen molar-refractivity contribution in [2.24, 2.45) is 0 Å². The number of carbonyl (C=O) groups is 1. The van der Waals surface area contributed by atoms with Gasteiger partial charge >= 0.3 is 0 Å². The van der Waals surface area contributed by atoms with Gasteiger partial charge in [-0.1, -0.05) is 11.6 Å². The van der Waals surface area contributed by atoms with Gasteiger partial charge < -0.3 is 14.6 Å². The molecule has 1 N–H and O–H groups in total. The number of aromatic nitrogens is 2. The number of nitrogens with one attached hydrogen (secondary N) is 1. The maximum Gasteiger partial charge on any atom is 0.261 e. The minimum Gasteiger partial charge on any atom is -0.376 e. The fraction of sp³-hybridized carbons (Fsp3) is 0.409. The fourth-order valence-corrected chi connectivity index (χ4v) is 6.84. The molecule has 0 bridgehead atoms. The van der Waals surface area contributed by atoms with Crippen LogP contribution in [0.2, 0.25) is 0 Å². The van der Waals surface area contributed by atoms with Gasteiger partial charge in [0.25, 0.3) is 11.8 Å². The first-order chi connectivity index (χ1) is 15.9. The number of benzene rings is 1. The Morgan fingerprint density at radius 3 is 2.61 bits per heavy atom. The quantitative estimate of drug-likeness (QED) is 0.583. The molecule has 11 heteroatoms. The average molecular weight is 489 g/mol. The summed E-state index contributed by atoms with van der Waals surface area (Å²) in [4.78, 5) is 18.6. The van der Waals surface area contributed by atoms with E-state index in [0.29, 0.717) is 55.0 Å².